The van der Waals surface area contributed by atoms with Gasteiger partial charge in [0.15, 0.2) is 5.69 Å². The lowest BCUT2D eigenvalue weighted by Crippen LogP contribution is -2.18. The van der Waals surface area contributed by atoms with E-state index in [0.717, 1.165) is 0 Å². The molecule has 7 heteroatoms. The van der Waals surface area contributed by atoms with Gasteiger partial charge in [-0.1, -0.05) is 11.6 Å². The predicted molar refractivity (Wildman–Crippen MR) is 78.9 cm³/mol. The van der Waals surface area contributed by atoms with Gasteiger partial charge in [-0.05, 0) is 25.1 Å². The molecule has 3 rings (SSSR count). The van der Waals surface area contributed by atoms with Crippen molar-refractivity contribution >= 4 is 34.1 Å². The summed E-state index contributed by atoms with van der Waals surface area (Å²) in [4.78, 5) is 24.2. The Balaban J connectivity index is 2.37. The number of hydrogen-bond donors (Lipinski definition) is 0. The maximum absolute atomic E-state index is 12.5. The Morgan fingerprint density at radius 3 is 2.86 bits per heavy atom. The van der Waals surface area contributed by atoms with Crippen molar-refractivity contribution in [1.29, 1.82) is 0 Å². The number of hydrogen-bond acceptors (Lipinski definition) is 4. The van der Waals surface area contributed by atoms with Crippen LogP contribution in [0, 0.1) is 0 Å². The Morgan fingerprint density at radius 1 is 1.38 bits per heavy atom. The average Bonchev–Trinajstić information content (AvgIpc) is 2.90. The molecule has 0 N–H and O–H groups in total. The summed E-state index contributed by atoms with van der Waals surface area (Å²) in [6.07, 6.45) is 0. The van der Waals surface area contributed by atoms with Crippen LogP contribution in [0.1, 0.15) is 17.4 Å². The van der Waals surface area contributed by atoms with Gasteiger partial charge in [0.05, 0.1) is 17.5 Å². The Kier molecular flexibility index (Phi) is 3.17. The highest BCUT2D eigenvalue weighted by Gasteiger charge is 2.16. The topological polar surface area (TPSA) is 65.6 Å². The van der Waals surface area contributed by atoms with E-state index in [0.29, 0.717) is 21.6 Å². The van der Waals surface area contributed by atoms with Crippen molar-refractivity contribution in [2.75, 3.05) is 6.61 Å². The van der Waals surface area contributed by atoms with E-state index in [4.69, 9.17) is 16.3 Å². The molecule has 2 aromatic heterocycles. The molecular weight excluding hydrogens is 294 g/mol. The standard InChI is InChI=1S/C14H12ClN3O3/c1-3-21-14(20)10-7-12-17(2)11-5-4-8(15)6-9(11)13(19)18(12)16-10/h4-7H,3H2,1-2H3. The molecule has 0 saturated heterocycles. The van der Waals surface area contributed by atoms with Crippen molar-refractivity contribution in [2.24, 2.45) is 7.05 Å². The van der Waals surface area contributed by atoms with Gasteiger partial charge in [-0.3, -0.25) is 4.79 Å². The zero-order valence-electron chi connectivity index (χ0n) is 11.5. The van der Waals surface area contributed by atoms with E-state index in [-0.39, 0.29) is 17.9 Å². The molecule has 0 amide bonds. The van der Waals surface area contributed by atoms with Gasteiger partial charge in [-0.15, -0.1) is 0 Å². The summed E-state index contributed by atoms with van der Waals surface area (Å²) < 4.78 is 7.87. The van der Waals surface area contributed by atoms with E-state index in [1.807, 2.05) is 0 Å². The number of rotatable bonds is 2. The lowest BCUT2D eigenvalue weighted by atomic mass is 10.2. The third-order valence-corrected chi connectivity index (χ3v) is 3.50. The second kappa shape index (κ2) is 4.89. The number of esters is 1. The van der Waals surface area contributed by atoms with Crippen LogP contribution in [-0.2, 0) is 11.8 Å². The van der Waals surface area contributed by atoms with Crippen molar-refractivity contribution in [3.05, 3.63) is 45.3 Å². The number of carbonyl (C=O) groups excluding carboxylic acids is 1. The van der Waals surface area contributed by atoms with Gasteiger partial charge in [0.2, 0.25) is 0 Å². The first-order valence-electron chi connectivity index (χ1n) is 6.38. The average molecular weight is 306 g/mol. The predicted octanol–water partition coefficient (Wildman–Crippen LogP) is 2.02. The van der Waals surface area contributed by atoms with Crippen molar-refractivity contribution < 1.29 is 9.53 Å². The van der Waals surface area contributed by atoms with Gasteiger partial charge in [-0.25, -0.2) is 4.79 Å². The number of ether oxygens (including phenoxy) is 1. The molecular formula is C14H12ClN3O3. The second-order valence-electron chi connectivity index (χ2n) is 4.55. The first kappa shape index (κ1) is 13.6. The van der Waals surface area contributed by atoms with E-state index in [1.54, 1.807) is 36.7 Å². The zero-order chi connectivity index (χ0) is 15.1. The van der Waals surface area contributed by atoms with Crippen LogP contribution in [0.3, 0.4) is 0 Å². The maximum Gasteiger partial charge on any atom is 0.358 e. The Bertz CT molecular complexity index is 926. The molecule has 2 heterocycles. The third-order valence-electron chi connectivity index (χ3n) is 3.26. The Morgan fingerprint density at radius 2 is 2.14 bits per heavy atom. The molecule has 0 fully saturated rings. The van der Waals surface area contributed by atoms with Gasteiger partial charge in [0, 0.05) is 18.1 Å². The van der Waals surface area contributed by atoms with Gasteiger partial charge < -0.3 is 9.30 Å². The number of benzene rings is 1. The second-order valence-corrected chi connectivity index (χ2v) is 4.98. The highest BCUT2D eigenvalue weighted by Crippen LogP contribution is 2.18. The molecule has 21 heavy (non-hydrogen) atoms. The smallest absolute Gasteiger partial charge is 0.358 e. The molecule has 0 saturated carbocycles. The first-order valence-corrected chi connectivity index (χ1v) is 6.76. The van der Waals surface area contributed by atoms with Crippen molar-refractivity contribution in [1.82, 2.24) is 14.2 Å². The maximum atomic E-state index is 12.5. The Hall–Kier alpha value is -2.34. The van der Waals surface area contributed by atoms with Crippen molar-refractivity contribution in [2.45, 2.75) is 6.92 Å². The highest BCUT2D eigenvalue weighted by molar-refractivity contribution is 6.31. The molecule has 0 spiro atoms. The SMILES string of the molecule is CCOC(=O)c1cc2n(C)c3ccc(Cl)cc3c(=O)n2n1. The van der Waals surface area contributed by atoms with Crippen LogP contribution in [0.25, 0.3) is 16.6 Å². The van der Waals surface area contributed by atoms with Crippen LogP contribution in [0.15, 0.2) is 29.1 Å². The van der Waals surface area contributed by atoms with E-state index < -0.39 is 5.97 Å². The van der Waals surface area contributed by atoms with Crippen molar-refractivity contribution in [3.63, 3.8) is 0 Å². The molecule has 1 aromatic carbocycles. The third kappa shape index (κ3) is 2.08. The van der Waals surface area contributed by atoms with Crippen LogP contribution in [-0.4, -0.2) is 26.8 Å². The first-order chi connectivity index (χ1) is 10.0. The lowest BCUT2D eigenvalue weighted by molar-refractivity contribution is 0.0519. The minimum absolute atomic E-state index is 0.103. The number of fused-ring (bicyclic) bond motifs is 2. The molecule has 0 aliphatic rings. The number of nitrogens with zero attached hydrogens (tertiary/aromatic N) is 3. The fourth-order valence-corrected chi connectivity index (χ4v) is 2.45. The van der Waals surface area contributed by atoms with Crippen LogP contribution in [0.2, 0.25) is 5.02 Å². The summed E-state index contributed by atoms with van der Waals surface area (Å²) in [5.41, 5.74) is 1.01. The summed E-state index contributed by atoms with van der Waals surface area (Å²) in [5.74, 6) is -0.553. The summed E-state index contributed by atoms with van der Waals surface area (Å²) in [6, 6.07) is 6.59. The number of carbonyl (C=O) groups is 1. The van der Waals surface area contributed by atoms with Crippen LogP contribution >= 0.6 is 11.6 Å². The minimum Gasteiger partial charge on any atom is -0.461 e. The Labute approximate surface area is 124 Å². The van der Waals surface area contributed by atoms with Crippen LogP contribution in [0.4, 0.5) is 0 Å². The molecule has 0 aliphatic carbocycles. The largest absolute Gasteiger partial charge is 0.461 e. The van der Waals surface area contributed by atoms with Gasteiger partial charge >= 0.3 is 5.97 Å². The summed E-state index contributed by atoms with van der Waals surface area (Å²) in [6.45, 7) is 1.96. The van der Waals surface area contributed by atoms with E-state index in [2.05, 4.69) is 5.10 Å². The molecule has 0 aliphatic heterocycles. The van der Waals surface area contributed by atoms with Crippen LogP contribution in [0.5, 0.6) is 0 Å². The lowest BCUT2D eigenvalue weighted by Gasteiger charge is -2.07. The molecule has 108 valence electrons. The molecule has 6 nitrogen and oxygen atoms in total. The van der Waals surface area contributed by atoms with E-state index in [9.17, 15) is 9.59 Å². The quantitative estimate of drug-likeness (QED) is 0.679. The zero-order valence-corrected chi connectivity index (χ0v) is 12.2. The number of halogens is 1. The van der Waals surface area contributed by atoms with E-state index in [1.165, 1.54) is 10.6 Å². The normalized spacial score (nSPS) is 11.2. The van der Waals surface area contributed by atoms with Gasteiger partial charge in [0.25, 0.3) is 5.56 Å². The van der Waals surface area contributed by atoms with Gasteiger partial charge in [0.1, 0.15) is 5.65 Å². The van der Waals surface area contributed by atoms with E-state index >= 15 is 0 Å². The van der Waals surface area contributed by atoms with Crippen molar-refractivity contribution in [3.8, 4) is 0 Å². The fraction of sp³-hybridized carbons (Fsp3) is 0.214. The fourth-order valence-electron chi connectivity index (χ4n) is 2.27. The number of aromatic nitrogens is 3. The summed E-state index contributed by atoms with van der Waals surface area (Å²) in [7, 11) is 1.79. The highest BCUT2D eigenvalue weighted by atomic mass is 35.5. The molecule has 0 radical (unpaired) electrons. The number of aryl methyl sites for hydroxylation is 1. The summed E-state index contributed by atoms with van der Waals surface area (Å²) >= 11 is 5.94. The monoisotopic (exact) mass is 305 g/mol. The molecule has 0 atom stereocenters. The minimum atomic E-state index is -0.553. The summed E-state index contributed by atoms with van der Waals surface area (Å²) in [5, 5.41) is 4.95. The van der Waals surface area contributed by atoms with Crippen LogP contribution < -0.4 is 5.56 Å². The molecule has 0 unspecified atom stereocenters. The van der Waals surface area contributed by atoms with Gasteiger partial charge in [-0.2, -0.15) is 9.61 Å². The molecule has 3 aromatic rings. The molecule has 0 bridgehead atoms.